The first-order valence-electron chi connectivity index (χ1n) is 9.44. The minimum Gasteiger partial charge on any atom is -0.361 e. The highest BCUT2D eigenvalue weighted by Gasteiger charge is 2.24. The zero-order valence-electron chi connectivity index (χ0n) is 16.3. The smallest absolute Gasteiger partial charge is 0.238 e. The van der Waals surface area contributed by atoms with Crippen LogP contribution in [0.25, 0.3) is 0 Å². The van der Waals surface area contributed by atoms with Gasteiger partial charge < -0.3 is 14.7 Å². The summed E-state index contributed by atoms with van der Waals surface area (Å²) in [6.07, 6.45) is 0.299. The average molecular weight is 414 g/mol. The SMILES string of the molecule is Cc1noc(C)c1CC(=O)N1CCN(CC(=O)Nc2cccc3c2N=S=N3)CC1. The van der Waals surface area contributed by atoms with E-state index in [4.69, 9.17) is 4.52 Å². The molecular weight excluding hydrogens is 392 g/mol. The number of carbonyl (C=O) groups excluding carboxylic acids is 2. The molecule has 1 N–H and O–H groups in total. The van der Waals surface area contributed by atoms with E-state index in [1.807, 2.05) is 36.9 Å². The van der Waals surface area contributed by atoms with E-state index in [9.17, 15) is 9.59 Å². The molecule has 1 aromatic carbocycles. The largest absolute Gasteiger partial charge is 0.361 e. The Morgan fingerprint density at radius 1 is 1.17 bits per heavy atom. The normalized spacial score (nSPS) is 15.9. The monoisotopic (exact) mass is 414 g/mol. The Labute approximate surface area is 171 Å². The van der Waals surface area contributed by atoms with Gasteiger partial charge in [-0.25, -0.2) is 0 Å². The van der Waals surface area contributed by atoms with Crippen LogP contribution in [-0.4, -0.2) is 59.5 Å². The van der Waals surface area contributed by atoms with E-state index in [1.54, 1.807) is 0 Å². The molecule has 2 aliphatic heterocycles. The summed E-state index contributed by atoms with van der Waals surface area (Å²) in [6.45, 7) is 6.45. The van der Waals surface area contributed by atoms with Crippen LogP contribution in [0.5, 0.6) is 0 Å². The van der Waals surface area contributed by atoms with Gasteiger partial charge in [-0.05, 0) is 26.0 Å². The van der Waals surface area contributed by atoms with Crippen LogP contribution in [0.1, 0.15) is 17.0 Å². The Balaban J connectivity index is 1.27. The number of hydrogen-bond donors (Lipinski definition) is 1. The number of benzene rings is 1. The third-order valence-electron chi connectivity index (χ3n) is 5.16. The van der Waals surface area contributed by atoms with Crippen molar-refractivity contribution in [1.82, 2.24) is 15.0 Å². The molecule has 0 unspecified atom stereocenters. The van der Waals surface area contributed by atoms with E-state index in [0.29, 0.717) is 49.7 Å². The maximum Gasteiger partial charge on any atom is 0.238 e. The summed E-state index contributed by atoms with van der Waals surface area (Å²) in [4.78, 5) is 28.9. The zero-order chi connectivity index (χ0) is 20.4. The van der Waals surface area contributed by atoms with Gasteiger partial charge in [0.15, 0.2) is 0 Å². The molecule has 4 rings (SSSR count). The van der Waals surface area contributed by atoms with E-state index in [1.165, 1.54) is 0 Å². The van der Waals surface area contributed by atoms with Crippen LogP contribution in [0.4, 0.5) is 17.1 Å². The molecule has 29 heavy (non-hydrogen) atoms. The van der Waals surface area contributed by atoms with Gasteiger partial charge >= 0.3 is 0 Å². The average Bonchev–Trinajstić information content (AvgIpc) is 3.31. The fourth-order valence-corrected chi connectivity index (χ4v) is 4.02. The van der Waals surface area contributed by atoms with E-state index < -0.39 is 0 Å². The fourth-order valence-electron chi connectivity index (χ4n) is 3.47. The van der Waals surface area contributed by atoms with Crippen molar-refractivity contribution < 1.29 is 14.1 Å². The van der Waals surface area contributed by atoms with Crippen molar-refractivity contribution in [2.24, 2.45) is 8.73 Å². The lowest BCUT2D eigenvalue weighted by Crippen LogP contribution is -2.50. The highest BCUT2D eigenvalue weighted by Crippen LogP contribution is 2.38. The molecule has 0 aliphatic carbocycles. The lowest BCUT2D eigenvalue weighted by atomic mass is 10.1. The Kier molecular flexibility index (Phi) is 5.54. The molecular formula is C19H22N6O3S. The Hall–Kier alpha value is -2.85. The molecule has 1 aromatic heterocycles. The number of hydrogen-bond acceptors (Lipinski definition) is 7. The zero-order valence-corrected chi connectivity index (χ0v) is 17.2. The van der Waals surface area contributed by atoms with Crippen LogP contribution >= 0.6 is 0 Å². The molecule has 2 amide bonds. The topological polar surface area (TPSA) is 103 Å². The second-order valence-corrected chi connectivity index (χ2v) is 7.65. The van der Waals surface area contributed by atoms with Gasteiger partial charge in [0.25, 0.3) is 0 Å². The molecule has 2 aromatic rings. The van der Waals surface area contributed by atoms with Crippen LogP contribution in [0.3, 0.4) is 0 Å². The van der Waals surface area contributed by atoms with Gasteiger partial charge in [-0.3, -0.25) is 14.5 Å². The Morgan fingerprint density at radius 2 is 1.97 bits per heavy atom. The van der Waals surface area contributed by atoms with Gasteiger partial charge in [0, 0.05) is 31.7 Å². The van der Waals surface area contributed by atoms with Gasteiger partial charge in [0.05, 0.1) is 35.7 Å². The molecule has 0 spiro atoms. The highest BCUT2D eigenvalue weighted by molar-refractivity contribution is 7.58. The van der Waals surface area contributed by atoms with Crippen LogP contribution < -0.4 is 5.32 Å². The summed E-state index contributed by atoms with van der Waals surface area (Å²) in [7, 11) is 0. The molecule has 3 heterocycles. The second kappa shape index (κ2) is 8.26. The lowest BCUT2D eigenvalue weighted by Gasteiger charge is -2.34. The molecule has 1 saturated heterocycles. The second-order valence-electron chi connectivity index (χ2n) is 7.12. The minimum atomic E-state index is -0.0963. The van der Waals surface area contributed by atoms with E-state index in [2.05, 4.69) is 24.1 Å². The molecule has 0 bridgehead atoms. The Bertz CT molecular complexity index is 999. The van der Waals surface area contributed by atoms with E-state index in [-0.39, 0.29) is 18.4 Å². The molecule has 1 fully saturated rings. The molecule has 2 aliphatic rings. The van der Waals surface area contributed by atoms with Crippen molar-refractivity contribution >= 4 is 40.2 Å². The van der Waals surface area contributed by atoms with Crippen molar-refractivity contribution in [2.45, 2.75) is 20.3 Å². The summed E-state index contributed by atoms with van der Waals surface area (Å²) in [5.41, 5.74) is 3.78. The number of carbonyl (C=O) groups is 2. The number of fused-ring (bicyclic) bond motifs is 1. The van der Waals surface area contributed by atoms with E-state index >= 15 is 0 Å². The van der Waals surface area contributed by atoms with Crippen molar-refractivity contribution in [3.05, 3.63) is 35.2 Å². The molecule has 9 nitrogen and oxygen atoms in total. The predicted molar refractivity (Wildman–Crippen MR) is 109 cm³/mol. The maximum atomic E-state index is 12.6. The summed E-state index contributed by atoms with van der Waals surface area (Å²) >= 11 is 1.13. The van der Waals surface area contributed by atoms with Gasteiger partial charge in [-0.2, -0.15) is 8.73 Å². The third kappa shape index (κ3) is 4.28. The van der Waals surface area contributed by atoms with Crippen LogP contribution in [0.15, 0.2) is 31.4 Å². The van der Waals surface area contributed by atoms with Crippen LogP contribution in [0.2, 0.25) is 0 Å². The first-order valence-corrected chi connectivity index (χ1v) is 10.2. The summed E-state index contributed by atoms with van der Waals surface area (Å²) in [6, 6.07) is 5.54. The molecule has 10 heteroatoms. The number of anilines is 1. The van der Waals surface area contributed by atoms with Gasteiger partial charge in [-0.1, -0.05) is 11.2 Å². The van der Waals surface area contributed by atoms with Gasteiger partial charge in [0.2, 0.25) is 11.8 Å². The van der Waals surface area contributed by atoms with Crippen molar-refractivity contribution in [2.75, 3.05) is 38.0 Å². The first-order chi connectivity index (χ1) is 14.0. The third-order valence-corrected chi connectivity index (χ3v) is 5.70. The van der Waals surface area contributed by atoms with E-state index in [0.717, 1.165) is 28.3 Å². The van der Waals surface area contributed by atoms with Gasteiger partial charge in [0.1, 0.15) is 17.1 Å². The fraction of sp³-hybridized carbons (Fsp3) is 0.421. The highest BCUT2D eigenvalue weighted by atomic mass is 32.1. The summed E-state index contributed by atoms with van der Waals surface area (Å²) in [5.74, 6) is 0.656. The first kappa shape index (κ1) is 19.5. The Morgan fingerprint density at radius 3 is 2.69 bits per heavy atom. The number of nitrogens with one attached hydrogen (secondary N) is 1. The molecule has 0 saturated carbocycles. The number of piperazine rings is 1. The number of aromatic nitrogens is 1. The number of aryl methyl sites for hydroxylation is 2. The molecule has 152 valence electrons. The molecule has 0 radical (unpaired) electrons. The van der Waals surface area contributed by atoms with Crippen molar-refractivity contribution in [3.63, 3.8) is 0 Å². The lowest BCUT2D eigenvalue weighted by molar-refractivity contribution is -0.132. The van der Waals surface area contributed by atoms with Crippen molar-refractivity contribution in [1.29, 1.82) is 0 Å². The standard InChI is InChI=1S/C19H22N6O3S/c1-12-14(13(2)28-21-12)10-18(27)25-8-6-24(7-9-25)11-17(26)20-15-4-3-5-16-19(15)23-29-22-16/h3-5H,6-11H2,1-2H3,(H,20,26). The maximum absolute atomic E-state index is 12.6. The number of nitrogens with zero attached hydrogens (tertiary/aromatic N) is 5. The van der Waals surface area contributed by atoms with Gasteiger partial charge in [-0.15, -0.1) is 0 Å². The minimum absolute atomic E-state index is 0.0613. The van der Waals surface area contributed by atoms with Crippen LogP contribution in [0, 0.1) is 13.8 Å². The quantitative estimate of drug-likeness (QED) is 0.690. The van der Waals surface area contributed by atoms with Crippen molar-refractivity contribution in [3.8, 4) is 0 Å². The predicted octanol–water partition coefficient (Wildman–Crippen LogP) is 2.34. The van der Waals surface area contributed by atoms with Crippen LogP contribution in [-0.2, 0) is 27.4 Å². The molecule has 0 atom stereocenters. The number of amides is 2. The summed E-state index contributed by atoms with van der Waals surface area (Å²) < 4.78 is 13.6. The summed E-state index contributed by atoms with van der Waals surface area (Å²) in [5, 5.41) is 6.82. The number of rotatable bonds is 5.